The Hall–Kier alpha value is -1.77. The Kier molecular flexibility index (Phi) is 2.46. The third-order valence-corrected chi connectivity index (χ3v) is 2.90. The summed E-state index contributed by atoms with van der Waals surface area (Å²) in [5.41, 5.74) is 11.2. The molecule has 16 heavy (non-hydrogen) atoms. The maximum atomic E-state index is 5.56. The predicted octanol–water partition coefficient (Wildman–Crippen LogP) is 3.16. The Balaban J connectivity index is 2.64. The minimum atomic E-state index is 0.227. The topological polar surface area (TPSA) is 52.0 Å². The lowest BCUT2D eigenvalue weighted by atomic mass is 9.99. The summed E-state index contributed by atoms with van der Waals surface area (Å²) in [6.07, 6.45) is 0. The number of anilines is 1. The first-order chi connectivity index (χ1) is 7.49. The molecule has 2 aromatic rings. The molecule has 1 aromatic heterocycles. The number of benzene rings is 1. The smallest absolute Gasteiger partial charge is 0.292 e. The van der Waals surface area contributed by atoms with Crippen molar-refractivity contribution in [2.24, 2.45) is 0 Å². The fourth-order valence-corrected chi connectivity index (χ4v) is 1.87. The number of hydrogen-bond donors (Lipinski definition) is 1. The van der Waals surface area contributed by atoms with Gasteiger partial charge in [0, 0.05) is 5.56 Å². The molecule has 3 nitrogen and oxygen atoms in total. The van der Waals surface area contributed by atoms with E-state index >= 15 is 0 Å². The van der Waals surface area contributed by atoms with Crippen LogP contribution in [0.2, 0.25) is 0 Å². The van der Waals surface area contributed by atoms with Crippen LogP contribution in [0.15, 0.2) is 16.5 Å². The molecule has 0 spiro atoms. The van der Waals surface area contributed by atoms with Crippen LogP contribution in [0.4, 0.5) is 6.01 Å². The van der Waals surface area contributed by atoms with Crippen molar-refractivity contribution in [3.8, 4) is 11.3 Å². The van der Waals surface area contributed by atoms with Gasteiger partial charge in [-0.1, -0.05) is 6.07 Å². The van der Waals surface area contributed by atoms with Crippen molar-refractivity contribution in [3.63, 3.8) is 0 Å². The molecule has 0 saturated heterocycles. The van der Waals surface area contributed by atoms with Gasteiger partial charge >= 0.3 is 0 Å². The SMILES string of the molecule is Cc1cc(C)c(-c2oc(N)nc2C)cc1C. The molecule has 0 aliphatic rings. The molecule has 0 atom stereocenters. The quantitative estimate of drug-likeness (QED) is 0.796. The number of hydrogen-bond acceptors (Lipinski definition) is 3. The van der Waals surface area contributed by atoms with Gasteiger partial charge in [-0.25, -0.2) is 0 Å². The van der Waals surface area contributed by atoms with E-state index in [9.17, 15) is 0 Å². The van der Waals surface area contributed by atoms with Crippen molar-refractivity contribution in [3.05, 3.63) is 34.5 Å². The van der Waals surface area contributed by atoms with Gasteiger partial charge in [0.15, 0.2) is 5.76 Å². The molecule has 0 saturated carbocycles. The van der Waals surface area contributed by atoms with Crippen LogP contribution in [0.5, 0.6) is 0 Å². The second kappa shape index (κ2) is 3.67. The number of aromatic nitrogens is 1. The van der Waals surface area contributed by atoms with Gasteiger partial charge in [0.05, 0.1) is 5.69 Å². The number of oxazole rings is 1. The van der Waals surface area contributed by atoms with Gasteiger partial charge in [-0.15, -0.1) is 0 Å². The molecule has 0 aliphatic carbocycles. The maximum absolute atomic E-state index is 5.56. The number of nitrogens with two attached hydrogens (primary N) is 1. The minimum absolute atomic E-state index is 0.227. The van der Waals surface area contributed by atoms with E-state index in [0.29, 0.717) is 0 Å². The molecular formula is C13H16N2O. The Labute approximate surface area is 95.3 Å². The van der Waals surface area contributed by atoms with Crippen LogP contribution >= 0.6 is 0 Å². The van der Waals surface area contributed by atoms with Crippen LogP contribution in [0, 0.1) is 27.7 Å². The lowest BCUT2D eigenvalue weighted by molar-refractivity contribution is 0.593. The largest absolute Gasteiger partial charge is 0.423 e. The summed E-state index contributed by atoms with van der Waals surface area (Å²) < 4.78 is 5.44. The van der Waals surface area contributed by atoms with Crippen LogP contribution in [0.3, 0.4) is 0 Å². The van der Waals surface area contributed by atoms with Gasteiger partial charge in [-0.3, -0.25) is 0 Å². The number of aryl methyl sites for hydroxylation is 4. The van der Waals surface area contributed by atoms with Crippen LogP contribution in [-0.2, 0) is 0 Å². The number of nitrogen functional groups attached to an aromatic ring is 1. The molecule has 0 bridgehead atoms. The molecule has 1 heterocycles. The van der Waals surface area contributed by atoms with E-state index in [1.807, 2.05) is 6.92 Å². The molecule has 2 rings (SSSR count). The Morgan fingerprint density at radius 3 is 2.19 bits per heavy atom. The molecule has 0 amide bonds. The lowest BCUT2D eigenvalue weighted by Crippen LogP contribution is -1.89. The van der Waals surface area contributed by atoms with E-state index in [2.05, 4.69) is 37.9 Å². The van der Waals surface area contributed by atoms with Crippen LogP contribution < -0.4 is 5.73 Å². The van der Waals surface area contributed by atoms with Crippen LogP contribution in [0.1, 0.15) is 22.4 Å². The fourth-order valence-electron chi connectivity index (χ4n) is 1.87. The average molecular weight is 216 g/mol. The zero-order chi connectivity index (χ0) is 11.9. The van der Waals surface area contributed by atoms with Crippen molar-refractivity contribution >= 4 is 6.01 Å². The first-order valence-corrected chi connectivity index (χ1v) is 5.30. The highest BCUT2D eigenvalue weighted by Crippen LogP contribution is 2.30. The normalized spacial score (nSPS) is 10.8. The van der Waals surface area contributed by atoms with Crippen molar-refractivity contribution < 1.29 is 4.42 Å². The van der Waals surface area contributed by atoms with E-state index < -0.39 is 0 Å². The summed E-state index contributed by atoms with van der Waals surface area (Å²) in [5, 5.41) is 0. The minimum Gasteiger partial charge on any atom is -0.423 e. The highest BCUT2D eigenvalue weighted by molar-refractivity contribution is 5.66. The zero-order valence-corrected chi connectivity index (χ0v) is 10.1. The van der Waals surface area contributed by atoms with Gasteiger partial charge in [-0.05, 0) is 50.5 Å². The summed E-state index contributed by atoms with van der Waals surface area (Å²) in [5.74, 6) is 0.776. The second-order valence-electron chi connectivity index (χ2n) is 4.22. The molecule has 0 aliphatic heterocycles. The third kappa shape index (κ3) is 1.69. The first kappa shape index (κ1) is 10.7. The molecule has 0 unspecified atom stereocenters. The Morgan fingerprint density at radius 1 is 1.00 bits per heavy atom. The second-order valence-corrected chi connectivity index (χ2v) is 4.22. The summed E-state index contributed by atoms with van der Waals surface area (Å²) in [6, 6.07) is 4.51. The van der Waals surface area contributed by atoms with Gasteiger partial charge < -0.3 is 10.2 Å². The maximum Gasteiger partial charge on any atom is 0.292 e. The number of nitrogens with zero attached hydrogens (tertiary/aromatic N) is 1. The predicted molar refractivity (Wildman–Crippen MR) is 65.3 cm³/mol. The molecule has 0 radical (unpaired) electrons. The lowest BCUT2D eigenvalue weighted by Gasteiger charge is -2.07. The van der Waals surface area contributed by atoms with Crippen LogP contribution in [-0.4, -0.2) is 4.98 Å². The molecule has 3 heteroatoms. The van der Waals surface area contributed by atoms with Crippen molar-refractivity contribution in [2.45, 2.75) is 27.7 Å². The Morgan fingerprint density at radius 2 is 1.62 bits per heavy atom. The van der Waals surface area contributed by atoms with Crippen molar-refractivity contribution in [1.82, 2.24) is 4.98 Å². The van der Waals surface area contributed by atoms with E-state index in [-0.39, 0.29) is 6.01 Å². The average Bonchev–Trinajstić information content (AvgIpc) is 2.51. The van der Waals surface area contributed by atoms with Gasteiger partial charge in [-0.2, -0.15) is 4.98 Å². The van der Waals surface area contributed by atoms with Crippen molar-refractivity contribution in [1.29, 1.82) is 0 Å². The molecular weight excluding hydrogens is 200 g/mol. The van der Waals surface area contributed by atoms with E-state index in [1.165, 1.54) is 16.7 Å². The van der Waals surface area contributed by atoms with Gasteiger partial charge in [0.2, 0.25) is 0 Å². The highest BCUT2D eigenvalue weighted by atomic mass is 16.4. The zero-order valence-electron chi connectivity index (χ0n) is 10.1. The first-order valence-electron chi connectivity index (χ1n) is 5.30. The summed E-state index contributed by atoms with van der Waals surface area (Å²) >= 11 is 0. The highest BCUT2D eigenvalue weighted by Gasteiger charge is 2.13. The monoisotopic (exact) mass is 216 g/mol. The van der Waals surface area contributed by atoms with Gasteiger partial charge in [0.1, 0.15) is 0 Å². The van der Waals surface area contributed by atoms with Crippen molar-refractivity contribution in [2.75, 3.05) is 5.73 Å². The number of rotatable bonds is 1. The standard InChI is InChI=1S/C13H16N2O/c1-7-5-9(3)11(6-8(7)2)12-10(4)15-13(14)16-12/h5-6H,1-4H3,(H2,14,15). The fraction of sp³-hybridized carbons (Fsp3) is 0.308. The molecule has 84 valence electrons. The summed E-state index contributed by atoms with van der Waals surface area (Å²) in [6.45, 7) is 8.17. The van der Waals surface area contributed by atoms with Gasteiger partial charge in [0.25, 0.3) is 6.01 Å². The van der Waals surface area contributed by atoms with E-state index in [0.717, 1.165) is 17.0 Å². The Bertz CT molecular complexity index is 541. The summed E-state index contributed by atoms with van der Waals surface area (Å²) in [4.78, 5) is 4.09. The van der Waals surface area contributed by atoms with Crippen LogP contribution in [0.25, 0.3) is 11.3 Å². The van der Waals surface area contributed by atoms with E-state index in [1.54, 1.807) is 0 Å². The third-order valence-electron chi connectivity index (χ3n) is 2.90. The van der Waals surface area contributed by atoms with E-state index in [4.69, 9.17) is 10.2 Å². The molecule has 2 N–H and O–H groups in total. The summed E-state index contributed by atoms with van der Waals surface area (Å²) in [7, 11) is 0. The molecule has 1 aromatic carbocycles. The molecule has 0 fully saturated rings.